The molecule has 120 valence electrons. The molecule has 0 amide bonds. The van der Waals surface area contributed by atoms with Crippen LogP contribution in [0.1, 0.15) is 52.0 Å². The highest BCUT2D eigenvalue weighted by molar-refractivity contribution is 9.10. The van der Waals surface area contributed by atoms with Crippen molar-refractivity contribution in [1.29, 1.82) is 0 Å². The van der Waals surface area contributed by atoms with Crippen LogP contribution >= 0.6 is 15.9 Å². The van der Waals surface area contributed by atoms with E-state index in [2.05, 4.69) is 34.2 Å². The summed E-state index contributed by atoms with van der Waals surface area (Å²) in [7, 11) is 1.68. The van der Waals surface area contributed by atoms with Gasteiger partial charge in [-0.1, -0.05) is 42.1 Å². The first-order chi connectivity index (χ1) is 10.1. The van der Waals surface area contributed by atoms with E-state index in [9.17, 15) is 0 Å². The van der Waals surface area contributed by atoms with Crippen molar-refractivity contribution in [2.45, 2.75) is 59.1 Å². The molecule has 4 heteroatoms. The monoisotopic (exact) mass is 357 g/mol. The molecule has 1 N–H and O–H groups in total. The van der Waals surface area contributed by atoms with Crippen molar-refractivity contribution in [3.8, 4) is 11.5 Å². The Kier molecular flexibility index (Phi) is 8.77. The van der Waals surface area contributed by atoms with Crippen molar-refractivity contribution in [1.82, 2.24) is 5.32 Å². The van der Waals surface area contributed by atoms with E-state index >= 15 is 0 Å². The number of nitrogens with one attached hydrogen (secondary N) is 1. The second kappa shape index (κ2) is 10.1. The maximum atomic E-state index is 5.93. The first kappa shape index (κ1) is 18.3. The van der Waals surface area contributed by atoms with Gasteiger partial charge in [-0.25, -0.2) is 0 Å². The summed E-state index contributed by atoms with van der Waals surface area (Å²) >= 11 is 3.53. The standard InChI is InChI=1S/C17H28BrNO2/c1-5-6-7-8-9-19-12-14-10-15(18)11-16(20-4)17(14)21-13(2)3/h10-11,13,19H,5-9,12H2,1-4H3. The van der Waals surface area contributed by atoms with Gasteiger partial charge in [-0.05, 0) is 38.9 Å². The van der Waals surface area contributed by atoms with Crippen LogP contribution in [0.15, 0.2) is 16.6 Å². The minimum Gasteiger partial charge on any atom is -0.493 e. The number of methoxy groups -OCH3 is 1. The quantitative estimate of drug-likeness (QED) is 0.603. The summed E-state index contributed by atoms with van der Waals surface area (Å²) < 4.78 is 12.4. The van der Waals surface area contributed by atoms with Crippen LogP contribution in [0.3, 0.4) is 0 Å². The molecular formula is C17H28BrNO2. The number of halogens is 1. The Morgan fingerprint density at radius 3 is 2.57 bits per heavy atom. The molecule has 3 nitrogen and oxygen atoms in total. The summed E-state index contributed by atoms with van der Waals surface area (Å²) in [4.78, 5) is 0. The molecule has 0 saturated heterocycles. The number of ether oxygens (including phenoxy) is 2. The fourth-order valence-corrected chi connectivity index (χ4v) is 2.66. The average Bonchev–Trinajstić information content (AvgIpc) is 2.44. The third-order valence-corrected chi connectivity index (χ3v) is 3.65. The number of rotatable bonds is 10. The van der Waals surface area contributed by atoms with E-state index < -0.39 is 0 Å². The molecule has 21 heavy (non-hydrogen) atoms. The highest BCUT2D eigenvalue weighted by Gasteiger charge is 2.13. The lowest BCUT2D eigenvalue weighted by atomic mass is 10.1. The first-order valence-corrected chi connectivity index (χ1v) is 8.61. The summed E-state index contributed by atoms with van der Waals surface area (Å²) in [5.41, 5.74) is 1.13. The summed E-state index contributed by atoms with van der Waals surface area (Å²) in [6, 6.07) is 4.04. The van der Waals surface area contributed by atoms with Crippen LogP contribution < -0.4 is 14.8 Å². The van der Waals surface area contributed by atoms with Gasteiger partial charge in [0.05, 0.1) is 13.2 Å². The zero-order chi connectivity index (χ0) is 15.7. The molecule has 0 fully saturated rings. The molecule has 1 aromatic carbocycles. The molecule has 0 aliphatic heterocycles. The molecule has 0 unspecified atom stereocenters. The maximum Gasteiger partial charge on any atom is 0.166 e. The Morgan fingerprint density at radius 1 is 1.19 bits per heavy atom. The SMILES string of the molecule is CCCCCCNCc1cc(Br)cc(OC)c1OC(C)C. The molecular weight excluding hydrogens is 330 g/mol. The van der Waals surface area contributed by atoms with Gasteiger partial charge >= 0.3 is 0 Å². The summed E-state index contributed by atoms with van der Waals surface area (Å²) in [5.74, 6) is 1.62. The van der Waals surface area contributed by atoms with Gasteiger partial charge in [-0.3, -0.25) is 0 Å². The van der Waals surface area contributed by atoms with Crippen molar-refractivity contribution >= 4 is 15.9 Å². The van der Waals surface area contributed by atoms with Crippen molar-refractivity contribution in [3.63, 3.8) is 0 Å². The molecule has 0 radical (unpaired) electrons. The normalized spacial score (nSPS) is 11.0. The average molecular weight is 358 g/mol. The summed E-state index contributed by atoms with van der Waals surface area (Å²) in [6.07, 6.45) is 5.23. The van der Waals surface area contributed by atoms with E-state index in [0.29, 0.717) is 0 Å². The van der Waals surface area contributed by atoms with Crippen LogP contribution in [0.4, 0.5) is 0 Å². The van der Waals surface area contributed by atoms with Crippen LogP contribution in [0.5, 0.6) is 11.5 Å². The van der Waals surface area contributed by atoms with Gasteiger partial charge in [-0.2, -0.15) is 0 Å². The Bertz CT molecular complexity index is 421. The minimum absolute atomic E-state index is 0.128. The van der Waals surface area contributed by atoms with Crippen molar-refractivity contribution in [2.75, 3.05) is 13.7 Å². The van der Waals surface area contributed by atoms with Gasteiger partial charge < -0.3 is 14.8 Å². The lowest BCUT2D eigenvalue weighted by molar-refractivity contribution is 0.227. The second-order valence-corrected chi connectivity index (χ2v) is 6.42. The lowest BCUT2D eigenvalue weighted by Gasteiger charge is -2.18. The van der Waals surface area contributed by atoms with Crippen molar-refractivity contribution in [3.05, 3.63) is 22.2 Å². The lowest BCUT2D eigenvalue weighted by Crippen LogP contribution is -2.17. The molecule has 0 bridgehead atoms. The number of benzene rings is 1. The molecule has 0 spiro atoms. The molecule has 0 heterocycles. The van der Waals surface area contributed by atoms with Gasteiger partial charge in [0, 0.05) is 16.6 Å². The van der Waals surface area contributed by atoms with E-state index in [1.165, 1.54) is 25.7 Å². The minimum atomic E-state index is 0.128. The molecule has 1 aromatic rings. The summed E-state index contributed by atoms with van der Waals surface area (Å²) in [6.45, 7) is 8.13. The fourth-order valence-electron chi connectivity index (χ4n) is 2.17. The van der Waals surface area contributed by atoms with Gasteiger partial charge in [0.1, 0.15) is 0 Å². The number of unbranched alkanes of at least 4 members (excludes halogenated alkanes) is 3. The van der Waals surface area contributed by atoms with Crippen LogP contribution in [-0.4, -0.2) is 19.8 Å². The zero-order valence-corrected chi connectivity index (χ0v) is 15.3. The number of hydrogen-bond acceptors (Lipinski definition) is 3. The molecule has 0 aliphatic rings. The first-order valence-electron chi connectivity index (χ1n) is 7.82. The van der Waals surface area contributed by atoms with Gasteiger partial charge in [-0.15, -0.1) is 0 Å². The van der Waals surface area contributed by atoms with Crippen molar-refractivity contribution < 1.29 is 9.47 Å². The summed E-state index contributed by atoms with van der Waals surface area (Å²) in [5, 5.41) is 3.50. The Morgan fingerprint density at radius 2 is 1.95 bits per heavy atom. The van der Waals surface area contributed by atoms with Crippen LogP contribution in [0.2, 0.25) is 0 Å². The van der Waals surface area contributed by atoms with E-state index in [4.69, 9.17) is 9.47 Å². The van der Waals surface area contributed by atoms with E-state index in [-0.39, 0.29) is 6.10 Å². The molecule has 1 rings (SSSR count). The highest BCUT2D eigenvalue weighted by Crippen LogP contribution is 2.35. The van der Waals surface area contributed by atoms with Gasteiger partial charge in [0.15, 0.2) is 11.5 Å². The second-order valence-electron chi connectivity index (χ2n) is 5.50. The molecule has 0 atom stereocenters. The smallest absolute Gasteiger partial charge is 0.166 e. The van der Waals surface area contributed by atoms with Gasteiger partial charge in [0.25, 0.3) is 0 Å². The maximum absolute atomic E-state index is 5.93. The number of hydrogen-bond donors (Lipinski definition) is 1. The third-order valence-electron chi connectivity index (χ3n) is 3.19. The zero-order valence-electron chi connectivity index (χ0n) is 13.7. The largest absolute Gasteiger partial charge is 0.493 e. The Hall–Kier alpha value is -0.740. The topological polar surface area (TPSA) is 30.5 Å². The predicted octanol–water partition coefficient (Wildman–Crippen LogP) is 4.91. The molecule has 0 aliphatic carbocycles. The van der Waals surface area contributed by atoms with Crippen molar-refractivity contribution in [2.24, 2.45) is 0 Å². The fraction of sp³-hybridized carbons (Fsp3) is 0.647. The Labute approximate surface area is 137 Å². The van der Waals surface area contributed by atoms with Gasteiger partial charge in [0.2, 0.25) is 0 Å². The van der Waals surface area contributed by atoms with E-state index in [1.807, 2.05) is 19.9 Å². The molecule has 0 aromatic heterocycles. The Balaban J connectivity index is 2.67. The van der Waals surface area contributed by atoms with E-state index in [0.717, 1.165) is 34.6 Å². The third kappa shape index (κ3) is 6.70. The van der Waals surface area contributed by atoms with E-state index in [1.54, 1.807) is 7.11 Å². The highest BCUT2D eigenvalue weighted by atomic mass is 79.9. The van der Waals surface area contributed by atoms with Crippen LogP contribution in [0, 0.1) is 0 Å². The molecule has 0 saturated carbocycles. The van der Waals surface area contributed by atoms with Crippen LogP contribution in [-0.2, 0) is 6.54 Å². The predicted molar refractivity (Wildman–Crippen MR) is 92.3 cm³/mol. The van der Waals surface area contributed by atoms with Crippen LogP contribution in [0.25, 0.3) is 0 Å².